The molecule has 29 heavy (non-hydrogen) atoms. The Labute approximate surface area is 168 Å². The lowest BCUT2D eigenvalue weighted by molar-refractivity contribution is -0.384. The monoisotopic (exact) mass is 397 g/mol. The first-order valence-corrected chi connectivity index (χ1v) is 8.83. The highest BCUT2D eigenvalue weighted by molar-refractivity contribution is 6.09. The number of nitro benzene ring substituents is 1. The number of non-ortho nitro benzene ring substituents is 1. The summed E-state index contributed by atoms with van der Waals surface area (Å²) in [6.07, 6.45) is 1.52. The van der Waals surface area contributed by atoms with Crippen LogP contribution in [-0.2, 0) is 9.59 Å². The van der Waals surface area contributed by atoms with Crippen molar-refractivity contribution in [1.82, 2.24) is 5.32 Å². The predicted octanol–water partition coefficient (Wildman–Crippen LogP) is 3.75. The molecule has 0 aliphatic heterocycles. The van der Waals surface area contributed by atoms with Crippen molar-refractivity contribution >= 4 is 29.3 Å². The molecule has 0 aliphatic carbocycles. The number of amides is 2. The average Bonchev–Trinajstić information content (AvgIpc) is 2.67. The number of hydrogen-bond donors (Lipinski definition) is 2. The standard InChI is InChI=1S/C21H23N3O5/c1-21(2,3)20(26)23-18(12-14-8-10-17(29-4)11-9-14)19(25)22-15-6-5-7-16(13-15)24(27)28/h5-13H,1-4H3,(H,22,25)(H,23,26)/b18-12+. The molecule has 0 radical (unpaired) electrons. The van der Waals surface area contributed by atoms with Crippen molar-refractivity contribution in [1.29, 1.82) is 0 Å². The lowest BCUT2D eigenvalue weighted by atomic mass is 9.95. The second-order valence-electron chi connectivity index (χ2n) is 7.30. The molecular formula is C21H23N3O5. The Morgan fingerprint density at radius 2 is 1.76 bits per heavy atom. The highest BCUT2D eigenvalue weighted by Gasteiger charge is 2.24. The molecule has 2 aromatic carbocycles. The van der Waals surface area contributed by atoms with Gasteiger partial charge in [-0.1, -0.05) is 39.0 Å². The van der Waals surface area contributed by atoms with Gasteiger partial charge in [0.25, 0.3) is 11.6 Å². The zero-order valence-electron chi connectivity index (χ0n) is 16.7. The highest BCUT2D eigenvalue weighted by atomic mass is 16.6. The molecule has 0 heterocycles. The summed E-state index contributed by atoms with van der Waals surface area (Å²) in [5.74, 6) is -0.283. The van der Waals surface area contributed by atoms with Crippen LogP contribution < -0.4 is 15.4 Å². The summed E-state index contributed by atoms with van der Waals surface area (Å²) in [5.41, 5.74) is 0.0630. The Hall–Kier alpha value is -3.68. The number of nitrogens with zero attached hydrogens (tertiary/aromatic N) is 1. The maximum absolute atomic E-state index is 12.8. The molecule has 0 unspecified atom stereocenters. The van der Waals surface area contributed by atoms with Gasteiger partial charge in [0.05, 0.1) is 12.0 Å². The Balaban J connectivity index is 2.33. The van der Waals surface area contributed by atoms with Gasteiger partial charge in [0, 0.05) is 23.2 Å². The quantitative estimate of drug-likeness (QED) is 0.438. The van der Waals surface area contributed by atoms with E-state index in [0.717, 1.165) is 0 Å². The molecule has 8 nitrogen and oxygen atoms in total. The van der Waals surface area contributed by atoms with E-state index in [2.05, 4.69) is 10.6 Å². The number of anilines is 1. The minimum absolute atomic E-state index is 0.0154. The molecule has 8 heteroatoms. The molecule has 0 saturated heterocycles. The number of ether oxygens (including phenoxy) is 1. The number of carbonyl (C=O) groups excluding carboxylic acids is 2. The first-order chi connectivity index (χ1) is 13.6. The second-order valence-corrected chi connectivity index (χ2v) is 7.30. The SMILES string of the molecule is COc1ccc(/C=C(/NC(=O)C(C)(C)C)C(=O)Nc2cccc([N+](=O)[O-])c2)cc1. The third-order valence-electron chi connectivity index (χ3n) is 3.92. The number of rotatable bonds is 6. The van der Waals surface area contributed by atoms with Crippen molar-refractivity contribution in [3.05, 3.63) is 69.9 Å². The summed E-state index contributed by atoms with van der Waals surface area (Å²) < 4.78 is 5.12. The summed E-state index contributed by atoms with van der Waals surface area (Å²) in [4.78, 5) is 35.6. The van der Waals surface area contributed by atoms with Crippen molar-refractivity contribution in [3.63, 3.8) is 0 Å². The van der Waals surface area contributed by atoms with E-state index in [1.54, 1.807) is 52.1 Å². The molecule has 0 fully saturated rings. The van der Waals surface area contributed by atoms with Gasteiger partial charge >= 0.3 is 0 Å². The number of benzene rings is 2. The van der Waals surface area contributed by atoms with Crippen LogP contribution in [0.15, 0.2) is 54.2 Å². The van der Waals surface area contributed by atoms with E-state index in [1.165, 1.54) is 30.3 Å². The van der Waals surface area contributed by atoms with E-state index in [1.807, 2.05) is 0 Å². The van der Waals surface area contributed by atoms with E-state index in [0.29, 0.717) is 11.3 Å². The van der Waals surface area contributed by atoms with Crippen LogP contribution in [0, 0.1) is 15.5 Å². The van der Waals surface area contributed by atoms with Crippen molar-refractivity contribution in [2.45, 2.75) is 20.8 Å². The Kier molecular flexibility index (Phi) is 6.71. The van der Waals surface area contributed by atoms with Gasteiger partial charge in [-0.05, 0) is 29.8 Å². The van der Waals surface area contributed by atoms with Crippen LogP contribution in [0.1, 0.15) is 26.3 Å². The van der Waals surface area contributed by atoms with Crippen LogP contribution in [0.25, 0.3) is 6.08 Å². The molecule has 0 aliphatic rings. The minimum Gasteiger partial charge on any atom is -0.497 e. The number of nitro groups is 1. The molecule has 2 aromatic rings. The molecule has 0 saturated carbocycles. The molecule has 2 N–H and O–H groups in total. The van der Waals surface area contributed by atoms with Crippen molar-refractivity contribution in [2.75, 3.05) is 12.4 Å². The van der Waals surface area contributed by atoms with E-state index < -0.39 is 16.2 Å². The van der Waals surface area contributed by atoms with Crippen molar-refractivity contribution in [2.24, 2.45) is 5.41 Å². The van der Waals surface area contributed by atoms with Crippen LogP contribution in [0.4, 0.5) is 11.4 Å². The van der Waals surface area contributed by atoms with E-state index in [-0.39, 0.29) is 23.0 Å². The summed E-state index contributed by atoms with van der Waals surface area (Å²) >= 11 is 0. The van der Waals surface area contributed by atoms with Crippen LogP contribution in [-0.4, -0.2) is 23.8 Å². The molecule has 2 amide bonds. The topological polar surface area (TPSA) is 111 Å². The summed E-state index contributed by atoms with van der Waals surface area (Å²) in [6, 6.07) is 12.5. The zero-order valence-corrected chi connectivity index (χ0v) is 16.7. The average molecular weight is 397 g/mol. The van der Waals surface area contributed by atoms with Gasteiger partial charge in [-0.25, -0.2) is 0 Å². The molecule has 0 spiro atoms. The fraction of sp³-hybridized carbons (Fsp3) is 0.238. The number of nitrogens with one attached hydrogen (secondary N) is 2. The summed E-state index contributed by atoms with van der Waals surface area (Å²) in [5, 5.41) is 16.2. The first kappa shape index (κ1) is 21.6. The van der Waals surface area contributed by atoms with Gasteiger partial charge in [-0.2, -0.15) is 0 Å². The van der Waals surface area contributed by atoms with Crippen LogP contribution in [0.3, 0.4) is 0 Å². The van der Waals surface area contributed by atoms with Crippen molar-refractivity contribution in [3.8, 4) is 5.75 Å². The fourth-order valence-electron chi connectivity index (χ4n) is 2.23. The molecule has 0 bridgehead atoms. The third kappa shape index (κ3) is 6.17. The zero-order chi connectivity index (χ0) is 21.6. The first-order valence-electron chi connectivity index (χ1n) is 8.83. The predicted molar refractivity (Wildman–Crippen MR) is 110 cm³/mol. The molecule has 0 atom stereocenters. The number of methoxy groups -OCH3 is 1. The summed E-state index contributed by atoms with van der Waals surface area (Å²) in [7, 11) is 1.55. The largest absolute Gasteiger partial charge is 0.497 e. The number of hydrogen-bond acceptors (Lipinski definition) is 5. The normalized spacial score (nSPS) is 11.5. The second kappa shape index (κ2) is 9.01. The van der Waals surface area contributed by atoms with E-state index in [9.17, 15) is 19.7 Å². The van der Waals surface area contributed by atoms with Gasteiger partial charge in [0.15, 0.2) is 0 Å². The van der Waals surface area contributed by atoms with E-state index in [4.69, 9.17) is 4.74 Å². The maximum Gasteiger partial charge on any atom is 0.272 e. The minimum atomic E-state index is -0.717. The lowest BCUT2D eigenvalue weighted by Gasteiger charge is -2.19. The maximum atomic E-state index is 12.8. The molecular weight excluding hydrogens is 374 g/mol. The fourth-order valence-corrected chi connectivity index (χ4v) is 2.23. The Bertz CT molecular complexity index is 944. The van der Waals surface area contributed by atoms with Gasteiger partial charge in [-0.3, -0.25) is 19.7 Å². The van der Waals surface area contributed by atoms with Crippen LogP contribution in [0.2, 0.25) is 0 Å². The Morgan fingerprint density at radius 1 is 1.10 bits per heavy atom. The Morgan fingerprint density at radius 3 is 2.31 bits per heavy atom. The van der Waals surface area contributed by atoms with Gasteiger partial charge in [0.1, 0.15) is 11.4 Å². The molecule has 152 valence electrons. The van der Waals surface area contributed by atoms with Crippen LogP contribution in [0.5, 0.6) is 5.75 Å². The number of carbonyl (C=O) groups is 2. The smallest absolute Gasteiger partial charge is 0.272 e. The van der Waals surface area contributed by atoms with Crippen molar-refractivity contribution < 1.29 is 19.2 Å². The van der Waals surface area contributed by atoms with E-state index >= 15 is 0 Å². The van der Waals surface area contributed by atoms with Gasteiger partial charge < -0.3 is 15.4 Å². The third-order valence-corrected chi connectivity index (χ3v) is 3.92. The lowest BCUT2D eigenvalue weighted by Crippen LogP contribution is -2.38. The highest BCUT2D eigenvalue weighted by Crippen LogP contribution is 2.20. The van der Waals surface area contributed by atoms with Gasteiger partial charge in [0.2, 0.25) is 5.91 Å². The molecule has 2 rings (SSSR count). The molecule has 0 aromatic heterocycles. The summed E-state index contributed by atoms with van der Waals surface area (Å²) in [6.45, 7) is 5.18. The van der Waals surface area contributed by atoms with Crippen LogP contribution >= 0.6 is 0 Å². The van der Waals surface area contributed by atoms with Gasteiger partial charge in [-0.15, -0.1) is 0 Å².